The summed E-state index contributed by atoms with van der Waals surface area (Å²) >= 11 is 5.68. The predicted octanol–water partition coefficient (Wildman–Crippen LogP) is 1.59. The maximum Gasteiger partial charge on any atom is 0.265 e. The van der Waals surface area contributed by atoms with E-state index in [0.29, 0.717) is 0 Å². The van der Waals surface area contributed by atoms with Crippen LogP contribution in [0.1, 0.15) is 0 Å². The lowest BCUT2D eigenvalue weighted by molar-refractivity contribution is 0.600. The van der Waals surface area contributed by atoms with E-state index in [-0.39, 0.29) is 21.6 Å². The number of aromatic amines is 1. The second-order valence-electron chi connectivity index (χ2n) is 3.35. The van der Waals surface area contributed by atoms with Gasteiger partial charge in [0.1, 0.15) is 10.7 Å². The molecule has 0 radical (unpaired) electrons. The molecule has 6 nitrogen and oxygen atoms in total. The zero-order valence-electron chi connectivity index (χ0n) is 8.81. The van der Waals surface area contributed by atoms with Gasteiger partial charge in [-0.3, -0.25) is 0 Å². The van der Waals surface area contributed by atoms with Crippen LogP contribution in [0, 0.1) is 5.82 Å². The molecule has 0 atom stereocenters. The first-order valence-electron chi connectivity index (χ1n) is 4.67. The highest BCUT2D eigenvalue weighted by Crippen LogP contribution is 2.27. The number of nitrogens with one attached hydrogen (secondary N) is 2. The molecule has 0 bridgehead atoms. The Kier molecular flexibility index (Phi) is 3.14. The van der Waals surface area contributed by atoms with Crippen molar-refractivity contribution in [2.75, 3.05) is 10.5 Å². The summed E-state index contributed by atoms with van der Waals surface area (Å²) in [5.74, 6) is -0.758. The number of nitrogens with zero attached hydrogens (tertiary/aromatic N) is 1. The van der Waals surface area contributed by atoms with Crippen molar-refractivity contribution in [2.45, 2.75) is 4.90 Å². The molecule has 1 aromatic carbocycles. The molecule has 2 rings (SSSR count). The van der Waals surface area contributed by atoms with Crippen LogP contribution in [-0.2, 0) is 10.0 Å². The molecule has 0 fully saturated rings. The molecule has 4 N–H and O–H groups in total. The minimum Gasteiger partial charge on any atom is -0.396 e. The van der Waals surface area contributed by atoms with Crippen LogP contribution < -0.4 is 10.5 Å². The van der Waals surface area contributed by atoms with Gasteiger partial charge in [0.25, 0.3) is 10.0 Å². The van der Waals surface area contributed by atoms with Gasteiger partial charge in [0.2, 0.25) is 5.95 Å². The van der Waals surface area contributed by atoms with E-state index >= 15 is 0 Å². The quantitative estimate of drug-likeness (QED) is 0.747. The van der Waals surface area contributed by atoms with Crippen molar-refractivity contribution in [1.82, 2.24) is 9.97 Å². The summed E-state index contributed by atoms with van der Waals surface area (Å²) in [6.07, 6.45) is 2.82. The van der Waals surface area contributed by atoms with Crippen molar-refractivity contribution in [3.63, 3.8) is 0 Å². The number of H-pyrrole nitrogens is 1. The number of hydrogen-bond acceptors (Lipinski definition) is 4. The van der Waals surface area contributed by atoms with Gasteiger partial charge >= 0.3 is 0 Å². The number of halogens is 2. The number of aromatic nitrogens is 2. The van der Waals surface area contributed by atoms with E-state index < -0.39 is 15.8 Å². The number of imidazole rings is 1. The van der Waals surface area contributed by atoms with E-state index in [1.54, 1.807) is 0 Å². The molecule has 0 aliphatic heterocycles. The van der Waals surface area contributed by atoms with Gasteiger partial charge in [0.05, 0.1) is 10.7 Å². The molecule has 0 spiro atoms. The van der Waals surface area contributed by atoms with Gasteiger partial charge < -0.3 is 10.7 Å². The Morgan fingerprint density at radius 1 is 1.44 bits per heavy atom. The van der Waals surface area contributed by atoms with Crippen LogP contribution in [0.5, 0.6) is 0 Å². The topological polar surface area (TPSA) is 101 Å². The summed E-state index contributed by atoms with van der Waals surface area (Å²) in [4.78, 5) is 5.94. The predicted molar refractivity (Wildman–Crippen MR) is 65.2 cm³/mol. The molecule has 0 saturated carbocycles. The third kappa shape index (κ3) is 2.39. The van der Waals surface area contributed by atoms with Crippen LogP contribution in [0.25, 0.3) is 0 Å². The second-order valence-corrected chi connectivity index (χ2v) is 5.41. The molecule has 0 aliphatic rings. The molecule has 0 unspecified atom stereocenters. The fourth-order valence-electron chi connectivity index (χ4n) is 1.25. The largest absolute Gasteiger partial charge is 0.396 e. The van der Waals surface area contributed by atoms with E-state index in [1.807, 2.05) is 0 Å². The average molecular weight is 291 g/mol. The Morgan fingerprint density at radius 3 is 2.78 bits per heavy atom. The van der Waals surface area contributed by atoms with Gasteiger partial charge in [-0.2, -0.15) is 0 Å². The number of hydrogen-bond donors (Lipinski definition) is 3. The van der Waals surface area contributed by atoms with Gasteiger partial charge in [0.15, 0.2) is 0 Å². The van der Waals surface area contributed by atoms with Crippen LogP contribution in [0.4, 0.5) is 16.0 Å². The molecule has 9 heteroatoms. The highest BCUT2D eigenvalue weighted by molar-refractivity contribution is 7.92. The zero-order chi connectivity index (χ0) is 13.3. The van der Waals surface area contributed by atoms with E-state index in [2.05, 4.69) is 14.7 Å². The molecule has 18 heavy (non-hydrogen) atoms. The van der Waals surface area contributed by atoms with Crippen LogP contribution in [-0.4, -0.2) is 18.4 Å². The summed E-state index contributed by atoms with van der Waals surface area (Å²) < 4.78 is 39.1. The van der Waals surface area contributed by atoms with Crippen LogP contribution in [0.15, 0.2) is 29.4 Å². The lowest BCUT2D eigenvalue weighted by atomic mass is 10.3. The van der Waals surface area contributed by atoms with Crippen molar-refractivity contribution in [3.05, 3.63) is 35.4 Å². The zero-order valence-corrected chi connectivity index (χ0v) is 10.4. The molecule has 0 aliphatic carbocycles. The summed E-state index contributed by atoms with van der Waals surface area (Å²) in [5, 5.41) is -0.263. The lowest BCUT2D eigenvalue weighted by Gasteiger charge is -2.08. The molecular formula is C9H8ClFN4O2S. The van der Waals surface area contributed by atoms with Crippen molar-refractivity contribution in [1.29, 1.82) is 0 Å². The number of benzene rings is 1. The van der Waals surface area contributed by atoms with Gasteiger partial charge in [-0.1, -0.05) is 11.6 Å². The Hall–Kier alpha value is -1.80. The maximum atomic E-state index is 13.1. The number of nitrogens with two attached hydrogens (primary N) is 1. The van der Waals surface area contributed by atoms with E-state index in [9.17, 15) is 12.8 Å². The summed E-state index contributed by atoms with van der Waals surface area (Å²) in [6, 6.07) is 1.79. The van der Waals surface area contributed by atoms with E-state index in [0.717, 1.165) is 12.1 Å². The Bertz CT molecular complexity index is 672. The van der Waals surface area contributed by atoms with Gasteiger partial charge in [0, 0.05) is 12.4 Å². The molecular weight excluding hydrogens is 283 g/mol. The molecule has 2 aromatic rings. The standard InChI is InChI=1S/C9H8ClFN4O2S/c10-5-3-6(11)7(12)4-8(5)18(16,17)15-9-13-1-2-14-9/h1-4H,12H2,(H2,13,14,15). The third-order valence-corrected chi connectivity index (χ3v) is 3.87. The molecule has 0 amide bonds. The smallest absolute Gasteiger partial charge is 0.265 e. The number of rotatable bonds is 3. The third-order valence-electron chi connectivity index (χ3n) is 2.07. The van der Waals surface area contributed by atoms with Crippen molar-refractivity contribution < 1.29 is 12.8 Å². The summed E-state index contributed by atoms with van der Waals surface area (Å²) in [6.45, 7) is 0. The minimum absolute atomic E-state index is 0.0222. The maximum absolute atomic E-state index is 13.1. The Balaban J connectivity index is 2.44. The highest BCUT2D eigenvalue weighted by atomic mass is 35.5. The number of sulfonamides is 1. The van der Waals surface area contributed by atoms with E-state index in [1.165, 1.54) is 12.4 Å². The average Bonchev–Trinajstić information content (AvgIpc) is 2.75. The summed E-state index contributed by atoms with van der Waals surface area (Å²) in [5.41, 5.74) is 5.00. The monoisotopic (exact) mass is 290 g/mol. The van der Waals surface area contributed by atoms with Crippen LogP contribution in [0.3, 0.4) is 0 Å². The molecule has 0 saturated heterocycles. The SMILES string of the molecule is Nc1cc(S(=O)(=O)Nc2ncc[nH]2)c(Cl)cc1F. The lowest BCUT2D eigenvalue weighted by Crippen LogP contribution is -2.15. The molecule has 1 aromatic heterocycles. The van der Waals surface area contributed by atoms with Crippen LogP contribution in [0.2, 0.25) is 5.02 Å². The first-order chi connectivity index (χ1) is 8.40. The first-order valence-corrected chi connectivity index (χ1v) is 6.53. The normalized spacial score (nSPS) is 11.4. The van der Waals surface area contributed by atoms with Crippen molar-refractivity contribution in [2.24, 2.45) is 0 Å². The summed E-state index contributed by atoms with van der Waals surface area (Å²) in [7, 11) is -3.98. The Morgan fingerprint density at radius 2 is 2.17 bits per heavy atom. The number of anilines is 2. The van der Waals surface area contributed by atoms with Gasteiger partial charge in [-0.15, -0.1) is 0 Å². The Labute approximate surface area is 107 Å². The van der Waals surface area contributed by atoms with Crippen molar-refractivity contribution >= 4 is 33.3 Å². The number of nitrogen functional groups attached to an aromatic ring is 1. The van der Waals surface area contributed by atoms with Gasteiger partial charge in [-0.25, -0.2) is 22.5 Å². The van der Waals surface area contributed by atoms with E-state index in [4.69, 9.17) is 17.3 Å². The molecule has 1 heterocycles. The van der Waals surface area contributed by atoms with Crippen molar-refractivity contribution in [3.8, 4) is 0 Å². The highest BCUT2D eigenvalue weighted by Gasteiger charge is 2.21. The fraction of sp³-hybridized carbons (Fsp3) is 0. The molecule has 96 valence electrons. The minimum atomic E-state index is -3.98. The van der Waals surface area contributed by atoms with Crippen LogP contribution >= 0.6 is 11.6 Å². The first kappa shape index (κ1) is 12.7. The van der Waals surface area contributed by atoms with Gasteiger partial charge in [-0.05, 0) is 12.1 Å². The fourth-order valence-corrected chi connectivity index (χ4v) is 2.78. The second kappa shape index (κ2) is 4.46.